The second kappa shape index (κ2) is 5.50. The van der Waals surface area contributed by atoms with Gasteiger partial charge in [-0.3, -0.25) is 4.89 Å². The summed E-state index contributed by atoms with van der Waals surface area (Å²) in [6.45, 7) is 7.99. The highest BCUT2D eigenvalue weighted by atomic mass is 17.2. The van der Waals surface area contributed by atoms with E-state index in [0.717, 1.165) is 6.42 Å². The van der Waals surface area contributed by atoms with E-state index in [4.69, 9.17) is 4.89 Å². The molecule has 1 aliphatic carbocycles. The molecule has 0 spiro atoms. The standard InChI is InChI=1S/C12H22O3/c1-8(2)11-6-5-9(3)7-12(11)15-14-10(4)13/h8-9,11-12H,5-7H2,1-4H3. The highest BCUT2D eigenvalue weighted by Gasteiger charge is 2.32. The third-order valence-electron chi connectivity index (χ3n) is 3.25. The van der Waals surface area contributed by atoms with Gasteiger partial charge in [-0.15, -0.1) is 0 Å². The summed E-state index contributed by atoms with van der Waals surface area (Å²) < 4.78 is 0. The van der Waals surface area contributed by atoms with E-state index < -0.39 is 0 Å². The Morgan fingerprint density at radius 1 is 1.33 bits per heavy atom. The van der Waals surface area contributed by atoms with Crippen molar-refractivity contribution in [2.45, 2.75) is 53.1 Å². The zero-order chi connectivity index (χ0) is 11.4. The van der Waals surface area contributed by atoms with Crippen LogP contribution in [0.25, 0.3) is 0 Å². The zero-order valence-corrected chi connectivity index (χ0v) is 10.2. The van der Waals surface area contributed by atoms with Crippen molar-refractivity contribution in [1.29, 1.82) is 0 Å². The minimum Gasteiger partial charge on any atom is -0.298 e. The lowest BCUT2D eigenvalue weighted by Gasteiger charge is -2.35. The average molecular weight is 214 g/mol. The van der Waals surface area contributed by atoms with Crippen LogP contribution >= 0.6 is 0 Å². The van der Waals surface area contributed by atoms with E-state index in [1.165, 1.54) is 19.8 Å². The first-order valence-corrected chi connectivity index (χ1v) is 5.84. The summed E-state index contributed by atoms with van der Waals surface area (Å²) in [5.74, 6) is 1.40. The molecule has 3 nitrogen and oxygen atoms in total. The molecule has 0 aromatic heterocycles. The van der Waals surface area contributed by atoms with Crippen molar-refractivity contribution in [2.75, 3.05) is 0 Å². The van der Waals surface area contributed by atoms with Crippen LogP contribution in [0.4, 0.5) is 0 Å². The Morgan fingerprint density at radius 2 is 2.00 bits per heavy atom. The molecule has 88 valence electrons. The van der Waals surface area contributed by atoms with Crippen LogP contribution in [0.5, 0.6) is 0 Å². The minimum absolute atomic E-state index is 0.0812. The number of carbonyl (C=O) groups excluding carboxylic acids is 1. The van der Waals surface area contributed by atoms with Gasteiger partial charge in [0.25, 0.3) is 0 Å². The average Bonchev–Trinajstić information content (AvgIpc) is 2.14. The lowest BCUT2D eigenvalue weighted by molar-refractivity contribution is -0.313. The van der Waals surface area contributed by atoms with Crippen LogP contribution in [-0.4, -0.2) is 12.1 Å². The molecule has 3 heteroatoms. The predicted octanol–water partition coefficient (Wildman–Crippen LogP) is 2.94. The van der Waals surface area contributed by atoms with Gasteiger partial charge < -0.3 is 0 Å². The van der Waals surface area contributed by atoms with Gasteiger partial charge in [0.15, 0.2) is 0 Å². The van der Waals surface area contributed by atoms with E-state index in [0.29, 0.717) is 17.8 Å². The van der Waals surface area contributed by atoms with Crippen LogP contribution < -0.4 is 0 Å². The maximum absolute atomic E-state index is 10.7. The maximum atomic E-state index is 10.7. The number of hydrogen-bond acceptors (Lipinski definition) is 3. The smallest absolute Gasteiger partial charge is 0.298 e. The summed E-state index contributed by atoms with van der Waals surface area (Å²) in [6, 6.07) is 0. The molecular weight excluding hydrogens is 192 g/mol. The van der Waals surface area contributed by atoms with Crippen LogP contribution in [0.2, 0.25) is 0 Å². The molecule has 0 saturated heterocycles. The van der Waals surface area contributed by atoms with Gasteiger partial charge in [-0.05, 0) is 30.6 Å². The van der Waals surface area contributed by atoms with Gasteiger partial charge in [-0.25, -0.2) is 4.79 Å². The molecule has 3 unspecified atom stereocenters. The number of hydrogen-bond donors (Lipinski definition) is 0. The highest BCUT2D eigenvalue weighted by Crippen LogP contribution is 2.35. The molecule has 0 aliphatic heterocycles. The third kappa shape index (κ3) is 3.82. The second-order valence-electron chi connectivity index (χ2n) is 5.04. The summed E-state index contributed by atoms with van der Waals surface area (Å²) in [5.41, 5.74) is 0. The number of rotatable bonds is 3. The van der Waals surface area contributed by atoms with Crippen molar-refractivity contribution >= 4 is 5.97 Å². The number of carbonyl (C=O) groups is 1. The van der Waals surface area contributed by atoms with E-state index in [1.807, 2.05) is 0 Å². The summed E-state index contributed by atoms with van der Waals surface area (Å²) >= 11 is 0. The predicted molar refractivity (Wildman–Crippen MR) is 58.0 cm³/mol. The van der Waals surface area contributed by atoms with Crippen LogP contribution in [0.15, 0.2) is 0 Å². The van der Waals surface area contributed by atoms with Crippen molar-refractivity contribution in [2.24, 2.45) is 17.8 Å². The molecule has 0 bridgehead atoms. The quantitative estimate of drug-likeness (QED) is 0.535. The summed E-state index contributed by atoms with van der Waals surface area (Å²) in [5, 5.41) is 0. The molecule has 1 aliphatic rings. The fourth-order valence-corrected chi connectivity index (χ4v) is 2.35. The highest BCUT2D eigenvalue weighted by molar-refractivity contribution is 5.65. The fraction of sp³-hybridized carbons (Fsp3) is 0.917. The van der Waals surface area contributed by atoms with E-state index in [-0.39, 0.29) is 12.1 Å². The minimum atomic E-state index is -0.365. The van der Waals surface area contributed by atoms with Gasteiger partial charge in [0.2, 0.25) is 0 Å². The lowest BCUT2D eigenvalue weighted by atomic mass is 9.75. The van der Waals surface area contributed by atoms with Gasteiger partial charge >= 0.3 is 5.97 Å². The Hall–Kier alpha value is -0.570. The monoisotopic (exact) mass is 214 g/mol. The van der Waals surface area contributed by atoms with Crippen molar-refractivity contribution < 1.29 is 14.6 Å². The largest absolute Gasteiger partial charge is 0.339 e. The van der Waals surface area contributed by atoms with Crippen molar-refractivity contribution in [3.63, 3.8) is 0 Å². The molecule has 15 heavy (non-hydrogen) atoms. The third-order valence-corrected chi connectivity index (χ3v) is 3.25. The van der Waals surface area contributed by atoms with E-state index in [2.05, 4.69) is 25.7 Å². The van der Waals surface area contributed by atoms with Crippen molar-refractivity contribution in [3.8, 4) is 0 Å². The summed E-state index contributed by atoms with van der Waals surface area (Å²) in [4.78, 5) is 20.6. The summed E-state index contributed by atoms with van der Waals surface area (Å²) in [7, 11) is 0. The van der Waals surface area contributed by atoms with Gasteiger partial charge in [-0.1, -0.05) is 27.2 Å². The molecule has 3 atom stereocenters. The van der Waals surface area contributed by atoms with E-state index in [9.17, 15) is 4.79 Å². The Kier molecular flexibility index (Phi) is 4.58. The van der Waals surface area contributed by atoms with Gasteiger partial charge in [0.05, 0.1) is 0 Å². The maximum Gasteiger partial charge on any atom is 0.339 e. The molecule has 1 saturated carbocycles. The first kappa shape index (κ1) is 12.5. The SMILES string of the molecule is CC(=O)OOC1CC(C)CCC1C(C)C. The van der Waals surface area contributed by atoms with Crippen LogP contribution in [0.1, 0.15) is 47.0 Å². The molecule has 0 radical (unpaired) electrons. The summed E-state index contributed by atoms with van der Waals surface area (Å²) in [6.07, 6.45) is 3.50. The van der Waals surface area contributed by atoms with Gasteiger partial charge in [0, 0.05) is 6.92 Å². The Labute approximate surface area is 92.1 Å². The van der Waals surface area contributed by atoms with Gasteiger partial charge in [0.1, 0.15) is 6.10 Å². The molecule has 1 rings (SSSR count). The molecule has 1 fully saturated rings. The molecule has 0 heterocycles. The fourth-order valence-electron chi connectivity index (χ4n) is 2.35. The topological polar surface area (TPSA) is 35.5 Å². The van der Waals surface area contributed by atoms with E-state index in [1.54, 1.807) is 0 Å². The van der Waals surface area contributed by atoms with Crippen molar-refractivity contribution in [3.05, 3.63) is 0 Å². The Morgan fingerprint density at radius 3 is 2.53 bits per heavy atom. The Bertz CT molecular complexity index is 213. The van der Waals surface area contributed by atoms with E-state index >= 15 is 0 Å². The normalized spacial score (nSPS) is 31.7. The zero-order valence-electron chi connectivity index (χ0n) is 10.2. The first-order chi connectivity index (χ1) is 7.00. The van der Waals surface area contributed by atoms with Crippen molar-refractivity contribution in [1.82, 2.24) is 0 Å². The molecule has 0 N–H and O–H groups in total. The lowest BCUT2D eigenvalue weighted by Crippen LogP contribution is -2.34. The van der Waals surface area contributed by atoms with Crippen LogP contribution in [-0.2, 0) is 14.6 Å². The van der Waals surface area contributed by atoms with Crippen LogP contribution in [0, 0.1) is 17.8 Å². The molecule has 0 aromatic carbocycles. The second-order valence-corrected chi connectivity index (χ2v) is 5.04. The van der Waals surface area contributed by atoms with Gasteiger partial charge in [-0.2, -0.15) is 4.89 Å². The molecule has 0 aromatic rings. The molecule has 0 amide bonds. The Balaban J connectivity index is 2.50. The first-order valence-electron chi connectivity index (χ1n) is 5.84. The van der Waals surface area contributed by atoms with Crippen LogP contribution in [0.3, 0.4) is 0 Å². The molecular formula is C12H22O3.